The van der Waals surface area contributed by atoms with Crippen molar-refractivity contribution >= 4 is 17.5 Å². The van der Waals surface area contributed by atoms with Gasteiger partial charge in [0.1, 0.15) is 0 Å². The fourth-order valence-electron chi connectivity index (χ4n) is 2.16. The van der Waals surface area contributed by atoms with E-state index in [1.807, 2.05) is 18.2 Å². The number of carbonyl (C=O) groups excluding carboxylic acids is 2. The maximum Gasteiger partial charge on any atom is 0.246 e. The van der Waals surface area contributed by atoms with E-state index in [1.165, 1.54) is 18.6 Å². The molecule has 1 N–H and O–H groups in total. The highest BCUT2D eigenvalue weighted by Gasteiger charge is 2.19. The predicted molar refractivity (Wildman–Crippen MR) is 70.1 cm³/mol. The van der Waals surface area contributed by atoms with Crippen molar-refractivity contribution in [2.24, 2.45) is 0 Å². The average molecular weight is 244 g/mol. The molecule has 0 unspecified atom stereocenters. The Morgan fingerprint density at radius 2 is 2.17 bits per heavy atom. The molecule has 0 saturated heterocycles. The summed E-state index contributed by atoms with van der Waals surface area (Å²) in [6.45, 7) is 6.28. The maximum absolute atomic E-state index is 11.6. The summed E-state index contributed by atoms with van der Waals surface area (Å²) in [7, 11) is 0. The van der Waals surface area contributed by atoms with Gasteiger partial charge in [-0.15, -0.1) is 0 Å². The average Bonchev–Trinajstić information content (AvgIpc) is 2.36. The molecule has 4 heteroatoms. The standard InChI is InChI=1S/C14H16N2O2/c1-3-14(18)16-7-6-11-4-5-13(15-10(2)17)8-12(11)9-16/h3-5,8H,1,6-7,9H2,2H3,(H,15,17). The third kappa shape index (κ3) is 2.59. The van der Waals surface area contributed by atoms with E-state index in [4.69, 9.17) is 0 Å². The van der Waals surface area contributed by atoms with E-state index in [-0.39, 0.29) is 11.8 Å². The highest BCUT2D eigenvalue weighted by Crippen LogP contribution is 2.22. The summed E-state index contributed by atoms with van der Waals surface area (Å²) >= 11 is 0. The van der Waals surface area contributed by atoms with Gasteiger partial charge < -0.3 is 10.2 Å². The molecular weight excluding hydrogens is 228 g/mol. The number of hydrogen-bond acceptors (Lipinski definition) is 2. The molecule has 0 fully saturated rings. The Balaban J connectivity index is 2.21. The molecular formula is C14H16N2O2. The van der Waals surface area contributed by atoms with Gasteiger partial charge in [0.2, 0.25) is 11.8 Å². The number of fused-ring (bicyclic) bond motifs is 1. The highest BCUT2D eigenvalue weighted by atomic mass is 16.2. The number of benzene rings is 1. The summed E-state index contributed by atoms with van der Waals surface area (Å²) in [6.07, 6.45) is 2.18. The summed E-state index contributed by atoms with van der Waals surface area (Å²) < 4.78 is 0. The first kappa shape index (κ1) is 12.4. The first-order chi connectivity index (χ1) is 8.60. The van der Waals surface area contributed by atoms with Crippen molar-refractivity contribution in [2.75, 3.05) is 11.9 Å². The minimum absolute atomic E-state index is 0.0504. The zero-order chi connectivity index (χ0) is 13.1. The van der Waals surface area contributed by atoms with Crippen LogP contribution in [-0.4, -0.2) is 23.3 Å². The highest BCUT2D eigenvalue weighted by molar-refractivity contribution is 5.89. The van der Waals surface area contributed by atoms with Gasteiger partial charge in [0.25, 0.3) is 0 Å². The number of nitrogens with zero attached hydrogens (tertiary/aromatic N) is 1. The van der Waals surface area contributed by atoms with E-state index in [0.717, 1.165) is 24.2 Å². The van der Waals surface area contributed by atoms with E-state index in [0.29, 0.717) is 6.54 Å². The zero-order valence-corrected chi connectivity index (χ0v) is 10.4. The molecule has 94 valence electrons. The van der Waals surface area contributed by atoms with Crippen molar-refractivity contribution in [3.8, 4) is 0 Å². The lowest BCUT2D eigenvalue weighted by Crippen LogP contribution is -2.34. The fourth-order valence-corrected chi connectivity index (χ4v) is 2.16. The molecule has 1 aromatic rings. The van der Waals surface area contributed by atoms with Gasteiger partial charge in [-0.25, -0.2) is 0 Å². The van der Waals surface area contributed by atoms with Gasteiger partial charge in [0.05, 0.1) is 0 Å². The van der Waals surface area contributed by atoms with Crippen molar-refractivity contribution in [3.05, 3.63) is 42.0 Å². The molecule has 4 nitrogen and oxygen atoms in total. The molecule has 0 atom stereocenters. The summed E-state index contributed by atoms with van der Waals surface area (Å²) in [5, 5.41) is 2.75. The molecule has 0 saturated carbocycles. The fraction of sp³-hybridized carbons (Fsp3) is 0.286. The second-order valence-electron chi connectivity index (χ2n) is 4.38. The van der Waals surface area contributed by atoms with E-state index in [2.05, 4.69) is 11.9 Å². The molecule has 1 aliphatic rings. The molecule has 0 radical (unpaired) electrons. The van der Waals surface area contributed by atoms with Crippen LogP contribution in [-0.2, 0) is 22.6 Å². The third-order valence-electron chi connectivity index (χ3n) is 3.03. The number of anilines is 1. The number of hydrogen-bond donors (Lipinski definition) is 1. The maximum atomic E-state index is 11.6. The lowest BCUT2D eigenvalue weighted by atomic mass is 9.99. The zero-order valence-electron chi connectivity index (χ0n) is 10.4. The predicted octanol–water partition coefficient (Wildman–Crippen LogP) is 1.72. The first-order valence-electron chi connectivity index (χ1n) is 5.91. The molecule has 0 spiro atoms. The Hall–Kier alpha value is -2.10. The van der Waals surface area contributed by atoms with Crippen molar-refractivity contribution in [1.82, 2.24) is 4.90 Å². The van der Waals surface area contributed by atoms with Crippen LogP contribution in [0.2, 0.25) is 0 Å². The normalized spacial score (nSPS) is 13.7. The lowest BCUT2D eigenvalue weighted by molar-refractivity contribution is -0.126. The molecule has 1 aromatic carbocycles. The van der Waals surface area contributed by atoms with Crippen LogP contribution >= 0.6 is 0 Å². The van der Waals surface area contributed by atoms with Crippen LogP contribution in [0.15, 0.2) is 30.9 Å². The number of rotatable bonds is 2. The van der Waals surface area contributed by atoms with Gasteiger partial charge >= 0.3 is 0 Å². The molecule has 0 aliphatic carbocycles. The van der Waals surface area contributed by atoms with Crippen LogP contribution in [0.3, 0.4) is 0 Å². The number of carbonyl (C=O) groups is 2. The van der Waals surface area contributed by atoms with E-state index in [9.17, 15) is 9.59 Å². The van der Waals surface area contributed by atoms with E-state index >= 15 is 0 Å². The Bertz CT molecular complexity index is 509. The molecule has 1 heterocycles. The van der Waals surface area contributed by atoms with E-state index < -0.39 is 0 Å². The largest absolute Gasteiger partial charge is 0.335 e. The second-order valence-corrected chi connectivity index (χ2v) is 4.38. The summed E-state index contributed by atoms with van der Waals surface area (Å²) in [6, 6.07) is 5.83. The molecule has 2 amide bonds. The lowest BCUT2D eigenvalue weighted by Gasteiger charge is -2.28. The molecule has 1 aliphatic heterocycles. The van der Waals surface area contributed by atoms with Gasteiger partial charge in [-0.3, -0.25) is 9.59 Å². The Morgan fingerprint density at radius 1 is 1.39 bits per heavy atom. The molecule has 0 aromatic heterocycles. The van der Waals surface area contributed by atoms with Gasteiger partial charge in [0.15, 0.2) is 0 Å². The SMILES string of the molecule is C=CC(=O)N1CCc2ccc(NC(C)=O)cc2C1. The van der Waals surface area contributed by atoms with Gasteiger partial charge in [-0.1, -0.05) is 12.6 Å². The summed E-state index contributed by atoms with van der Waals surface area (Å²) in [4.78, 5) is 24.3. The van der Waals surface area contributed by atoms with Crippen molar-refractivity contribution in [1.29, 1.82) is 0 Å². The van der Waals surface area contributed by atoms with Crippen LogP contribution in [0.4, 0.5) is 5.69 Å². The van der Waals surface area contributed by atoms with Crippen LogP contribution in [0, 0.1) is 0 Å². The van der Waals surface area contributed by atoms with Crippen molar-refractivity contribution in [2.45, 2.75) is 19.9 Å². The van der Waals surface area contributed by atoms with Crippen molar-refractivity contribution < 1.29 is 9.59 Å². The summed E-state index contributed by atoms with van der Waals surface area (Å²) in [5.41, 5.74) is 3.09. The monoisotopic (exact) mass is 244 g/mol. The molecule has 2 rings (SSSR count). The van der Waals surface area contributed by atoms with Crippen LogP contribution in [0.25, 0.3) is 0 Å². The minimum Gasteiger partial charge on any atom is -0.335 e. The number of amides is 2. The van der Waals surface area contributed by atoms with Gasteiger partial charge in [-0.2, -0.15) is 0 Å². The van der Waals surface area contributed by atoms with E-state index in [1.54, 1.807) is 4.90 Å². The third-order valence-corrected chi connectivity index (χ3v) is 3.03. The smallest absolute Gasteiger partial charge is 0.246 e. The molecule has 0 bridgehead atoms. The van der Waals surface area contributed by atoms with Gasteiger partial charge in [-0.05, 0) is 35.8 Å². The Morgan fingerprint density at radius 3 is 2.83 bits per heavy atom. The first-order valence-corrected chi connectivity index (χ1v) is 5.91. The topological polar surface area (TPSA) is 49.4 Å². The van der Waals surface area contributed by atoms with Gasteiger partial charge in [0, 0.05) is 25.7 Å². The molecule has 18 heavy (non-hydrogen) atoms. The number of nitrogens with one attached hydrogen (secondary N) is 1. The van der Waals surface area contributed by atoms with Crippen LogP contribution in [0.5, 0.6) is 0 Å². The summed E-state index contributed by atoms with van der Waals surface area (Å²) in [5.74, 6) is -0.143. The Kier molecular flexibility index (Phi) is 3.46. The quantitative estimate of drug-likeness (QED) is 0.805. The van der Waals surface area contributed by atoms with Crippen molar-refractivity contribution in [3.63, 3.8) is 0 Å². The van der Waals surface area contributed by atoms with Crippen LogP contribution in [0.1, 0.15) is 18.1 Å². The second kappa shape index (κ2) is 5.04. The minimum atomic E-state index is -0.0928. The Labute approximate surface area is 106 Å². The van der Waals surface area contributed by atoms with Crippen LogP contribution < -0.4 is 5.32 Å².